The van der Waals surface area contributed by atoms with E-state index in [0.717, 1.165) is 29.9 Å². The summed E-state index contributed by atoms with van der Waals surface area (Å²) in [6, 6.07) is 14.9. The van der Waals surface area contributed by atoms with Gasteiger partial charge in [-0.05, 0) is 49.6 Å². The summed E-state index contributed by atoms with van der Waals surface area (Å²) >= 11 is 0. The van der Waals surface area contributed by atoms with Gasteiger partial charge in [-0.15, -0.1) is 0 Å². The maximum atomic E-state index is 11.4. The Morgan fingerprint density at radius 3 is 2.31 bits per heavy atom. The fourth-order valence-electron chi connectivity index (χ4n) is 3.33. The van der Waals surface area contributed by atoms with E-state index in [4.69, 9.17) is 5.14 Å². The van der Waals surface area contributed by atoms with Gasteiger partial charge in [0.05, 0.1) is 22.0 Å². The molecule has 5 nitrogen and oxygen atoms in total. The van der Waals surface area contributed by atoms with Gasteiger partial charge < -0.3 is 0 Å². The van der Waals surface area contributed by atoms with E-state index in [2.05, 4.69) is 23.3 Å². The molecule has 26 heavy (non-hydrogen) atoms. The number of primary sulfonamides is 1. The number of sulfonamides is 1. The van der Waals surface area contributed by atoms with Gasteiger partial charge in [-0.3, -0.25) is 0 Å². The van der Waals surface area contributed by atoms with Crippen molar-refractivity contribution in [2.45, 2.75) is 38.5 Å². The van der Waals surface area contributed by atoms with Crippen LogP contribution in [0.2, 0.25) is 0 Å². The summed E-state index contributed by atoms with van der Waals surface area (Å²) in [7, 11) is -3.69. The Hall–Kier alpha value is -2.44. The van der Waals surface area contributed by atoms with Crippen LogP contribution in [0.25, 0.3) is 16.9 Å². The fourth-order valence-corrected chi connectivity index (χ4v) is 3.84. The van der Waals surface area contributed by atoms with Crippen molar-refractivity contribution in [2.75, 3.05) is 0 Å². The molecule has 0 spiro atoms. The van der Waals surface area contributed by atoms with E-state index in [0.29, 0.717) is 0 Å². The summed E-state index contributed by atoms with van der Waals surface area (Å²) in [5.41, 5.74) is 6.68. The lowest BCUT2D eigenvalue weighted by atomic mass is 9.89. The molecule has 0 amide bonds. The van der Waals surface area contributed by atoms with E-state index in [9.17, 15) is 8.42 Å². The van der Waals surface area contributed by atoms with Gasteiger partial charge in [0, 0.05) is 11.1 Å². The minimum Gasteiger partial charge on any atom is -0.233 e. The SMILES string of the molecule is CC.Cc1nn(-c2ccc(S(N)(=O)=O)cc2)c2c1CCc1ccccc1-2. The molecule has 136 valence electrons. The monoisotopic (exact) mass is 369 g/mol. The van der Waals surface area contributed by atoms with Crippen molar-refractivity contribution < 1.29 is 8.42 Å². The van der Waals surface area contributed by atoms with Crippen molar-refractivity contribution >= 4 is 10.0 Å². The molecule has 2 aromatic carbocycles. The Morgan fingerprint density at radius 1 is 1.00 bits per heavy atom. The highest BCUT2D eigenvalue weighted by atomic mass is 32.2. The van der Waals surface area contributed by atoms with E-state index < -0.39 is 10.0 Å². The lowest BCUT2D eigenvalue weighted by Gasteiger charge is -2.18. The number of aromatic nitrogens is 2. The number of nitrogens with two attached hydrogens (primary N) is 1. The van der Waals surface area contributed by atoms with Gasteiger partial charge in [0.15, 0.2) is 0 Å². The van der Waals surface area contributed by atoms with Crippen LogP contribution in [0.3, 0.4) is 0 Å². The van der Waals surface area contributed by atoms with Crippen LogP contribution in [0.15, 0.2) is 53.4 Å². The smallest absolute Gasteiger partial charge is 0.233 e. The van der Waals surface area contributed by atoms with Gasteiger partial charge in [-0.1, -0.05) is 38.1 Å². The minimum atomic E-state index is -3.69. The third-order valence-corrected chi connectivity index (χ3v) is 5.44. The Bertz CT molecular complexity index is 1040. The quantitative estimate of drug-likeness (QED) is 0.749. The van der Waals surface area contributed by atoms with Gasteiger partial charge in [0.1, 0.15) is 0 Å². The summed E-state index contributed by atoms with van der Waals surface area (Å²) in [5, 5.41) is 9.86. The predicted molar refractivity (Wildman–Crippen MR) is 104 cm³/mol. The Balaban J connectivity index is 0.000000948. The van der Waals surface area contributed by atoms with Gasteiger partial charge in [-0.2, -0.15) is 5.10 Å². The second kappa shape index (κ2) is 7.05. The zero-order valence-electron chi connectivity index (χ0n) is 15.2. The highest BCUT2D eigenvalue weighted by molar-refractivity contribution is 7.89. The summed E-state index contributed by atoms with van der Waals surface area (Å²) in [6.07, 6.45) is 1.98. The highest BCUT2D eigenvalue weighted by Crippen LogP contribution is 2.36. The van der Waals surface area contributed by atoms with Crippen molar-refractivity contribution in [1.82, 2.24) is 9.78 Å². The molecule has 1 aromatic heterocycles. The standard InChI is InChI=1S/C18H17N3O2S.C2H6/c1-12-16-11-6-13-4-2-3-5-17(13)18(16)21(20-12)14-7-9-15(10-8-14)24(19,22)23;1-2/h2-5,7-10H,6,11H2,1H3,(H2,19,22,23);1-2H3. The average molecular weight is 369 g/mol. The average Bonchev–Trinajstić information content (AvgIpc) is 3.00. The first-order chi connectivity index (χ1) is 12.4. The van der Waals surface area contributed by atoms with E-state index in [1.807, 2.05) is 31.5 Å². The molecule has 0 atom stereocenters. The zero-order chi connectivity index (χ0) is 18.9. The highest BCUT2D eigenvalue weighted by Gasteiger charge is 2.24. The van der Waals surface area contributed by atoms with Crippen LogP contribution in [0, 0.1) is 6.92 Å². The van der Waals surface area contributed by atoms with E-state index >= 15 is 0 Å². The minimum absolute atomic E-state index is 0.101. The fraction of sp³-hybridized carbons (Fsp3) is 0.250. The number of rotatable bonds is 2. The number of aryl methyl sites for hydroxylation is 2. The summed E-state index contributed by atoms with van der Waals surface area (Å²) < 4.78 is 24.8. The molecule has 2 N–H and O–H groups in total. The maximum Gasteiger partial charge on any atom is 0.238 e. The van der Waals surface area contributed by atoms with E-state index in [-0.39, 0.29) is 4.90 Å². The molecule has 0 bridgehead atoms. The maximum absolute atomic E-state index is 11.4. The van der Waals surface area contributed by atoms with Crippen LogP contribution in [-0.2, 0) is 22.9 Å². The largest absolute Gasteiger partial charge is 0.238 e. The molecule has 4 rings (SSSR count). The van der Waals surface area contributed by atoms with E-state index in [1.165, 1.54) is 28.8 Å². The topological polar surface area (TPSA) is 78.0 Å². The Labute approximate surface area is 154 Å². The van der Waals surface area contributed by atoms with Gasteiger partial charge in [-0.25, -0.2) is 18.2 Å². The first-order valence-electron chi connectivity index (χ1n) is 8.75. The first-order valence-corrected chi connectivity index (χ1v) is 10.3. The van der Waals surface area contributed by atoms with Gasteiger partial charge >= 0.3 is 0 Å². The molecule has 3 aromatic rings. The second-order valence-corrected chi connectivity index (χ2v) is 7.58. The summed E-state index contributed by atoms with van der Waals surface area (Å²) in [5.74, 6) is 0. The molecule has 0 radical (unpaired) electrons. The second-order valence-electron chi connectivity index (χ2n) is 6.02. The number of hydrogen-bond donors (Lipinski definition) is 1. The summed E-state index contributed by atoms with van der Waals surface area (Å²) in [4.78, 5) is 0.101. The number of benzene rings is 2. The first kappa shape index (κ1) is 18.4. The molecular formula is C20H23N3O2S. The number of fused-ring (bicyclic) bond motifs is 3. The predicted octanol–water partition coefficient (Wildman–Crippen LogP) is 3.62. The molecule has 0 fully saturated rings. The lowest BCUT2D eigenvalue weighted by molar-refractivity contribution is 0.598. The molecule has 0 unspecified atom stereocenters. The van der Waals surface area contributed by atoms with Gasteiger partial charge in [0.2, 0.25) is 10.0 Å². The van der Waals surface area contributed by atoms with Crippen molar-refractivity contribution in [3.8, 4) is 16.9 Å². The van der Waals surface area contributed by atoms with Gasteiger partial charge in [0.25, 0.3) is 0 Å². The third kappa shape index (κ3) is 3.18. The van der Waals surface area contributed by atoms with Crippen LogP contribution in [0.5, 0.6) is 0 Å². The normalized spacial score (nSPS) is 12.6. The van der Waals surface area contributed by atoms with Crippen LogP contribution in [-0.4, -0.2) is 18.2 Å². The molecule has 1 aliphatic rings. The number of hydrogen-bond acceptors (Lipinski definition) is 3. The van der Waals surface area contributed by atoms with Crippen LogP contribution >= 0.6 is 0 Å². The third-order valence-electron chi connectivity index (χ3n) is 4.51. The van der Waals surface area contributed by atoms with E-state index in [1.54, 1.807) is 12.1 Å². The molecular weight excluding hydrogens is 346 g/mol. The molecule has 0 aliphatic heterocycles. The molecule has 1 heterocycles. The Kier molecular flexibility index (Phi) is 4.98. The molecule has 6 heteroatoms. The van der Waals surface area contributed by atoms with Crippen LogP contribution < -0.4 is 5.14 Å². The van der Waals surface area contributed by atoms with Crippen molar-refractivity contribution in [2.24, 2.45) is 5.14 Å². The van der Waals surface area contributed by atoms with Crippen LogP contribution in [0.1, 0.15) is 30.7 Å². The van der Waals surface area contributed by atoms with Crippen LogP contribution in [0.4, 0.5) is 0 Å². The molecule has 0 saturated carbocycles. The molecule has 0 saturated heterocycles. The van der Waals surface area contributed by atoms with Crippen molar-refractivity contribution in [3.63, 3.8) is 0 Å². The Morgan fingerprint density at radius 2 is 1.65 bits per heavy atom. The van der Waals surface area contributed by atoms with Crippen molar-refractivity contribution in [1.29, 1.82) is 0 Å². The zero-order valence-corrected chi connectivity index (χ0v) is 16.0. The summed E-state index contributed by atoms with van der Waals surface area (Å²) in [6.45, 7) is 6.02. The lowest BCUT2D eigenvalue weighted by Crippen LogP contribution is -2.12. The number of nitrogens with zero attached hydrogens (tertiary/aromatic N) is 2. The molecule has 1 aliphatic carbocycles. The van der Waals surface area contributed by atoms with Crippen molar-refractivity contribution in [3.05, 3.63) is 65.4 Å².